The maximum atomic E-state index is 12.4. The number of hydrogen-bond acceptors (Lipinski definition) is 5. The number of carbonyl (C=O) groups excluding carboxylic acids is 1. The predicted octanol–water partition coefficient (Wildman–Crippen LogP) is 3.43. The molecule has 0 spiro atoms. The molecule has 4 rings (SSSR count). The third-order valence-corrected chi connectivity index (χ3v) is 11.5. The van der Waals surface area contributed by atoms with Crippen LogP contribution >= 0.6 is 0 Å². The van der Waals surface area contributed by atoms with E-state index in [1.165, 1.54) is 0 Å². The molecule has 1 unspecified atom stereocenters. The molecule has 0 aromatic carbocycles. The Balaban J connectivity index is 1.41. The number of fused-ring (bicyclic) bond motifs is 5. The average molecular weight is 493 g/mol. The first-order chi connectivity index (χ1) is 16.5. The molecule has 6 nitrogen and oxygen atoms in total. The van der Waals surface area contributed by atoms with Gasteiger partial charge in [-0.3, -0.25) is 4.79 Å². The molecule has 35 heavy (non-hydrogen) atoms. The molecule has 4 saturated carbocycles. The summed E-state index contributed by atoms with van der Waals surface area (Å²) in [5, 5.41) is 36.5. The van der Waals surface area contributed by atoms with E-state index < -0.39 is 0 Å². The minimum Gasteiger partial charge on any atom is -0.393 e. The van der Waals surface area contributed by atoms with Crippen molar-refractivity contribution < 1.29 is 20.1 Å². The summed E-state index contributed by atoms with van der Waals surface area (Å²) in [5.41, 5.74) is -0.0824. The molecule has 4 fully saturated rings. The number of hydrogen-bond donors (Lipinski definition) is 4. The van der Waals surface area contributed by atoms with Gasteiger partial charge in [-0.05, 0) is 125 Å². The highest BCUT2D eigenvalue weighted by Gasteiger charge is 2.65. The second-order valence-electron chi connectivity index (χ2n) is 13.5. The largest absolute Gasteiger partial charge is 0.393 e. The van der Waals surface area contributed by atoms with Crippen LogP contribution in [-0.4, -0.2) is 71.6 Å². The molecule has 0 aromatic heterocycles. The zero-order valence-corrected chi connectivity index (χ0v) is 22.9. The van der Waals surface area contributed by atoms with E-state index in [-0.39, 0.29) is 41.0 Å². The highest BCUT2D eigenvalue weighted by molar-refractivity contribution is 5.75. The van der Waals surface area contributed by atoms with Gasteiger partial charge in [-0.1, -0.05) is 20.8 Å². The molecule has 0 bridgehead atoms. The Hall–Kier alpha value is -0.690. The molecule has 6 heteroatoms. The normalized spacial score (nSPS) is 46.0. The van der Waals surface area contributed by atoms with Crippen molar-refractivity contribution in [3.8, 4) is 0 Å². The van der Waals surface area contributed by atoms with E-state index in [4.69, 9.17) is 0 Å². The molecule has 11 atom stereocenters. The van der Waals surface area contributed by atoms with Gasteiger partial charge in [0.05, 0.1) is 18.3 Å². The van der Waals surface area contributed by atoms with Gasteiger partial charge in [0, 0.05) is 13.0 Å². The maximum absolute atomic E-state index is 12.4. The van der Waals surface area contributed by atoms with Crippen LogP contribution in [0.25, 0.3) is 0 Å². The number of nitrogens with zero attached hydrogens (tertiary/aromatic N) is 1. The summed E-state index contributed by atoms with van der Waals surface area (Å²) < 4.78 is 0. The van der Waals surface area contributed by atoms with Crippen molar-refractivity contribution in [3.63, 3.8) is 0 Å². The van der Waals surface area contributed by atoms with Crippen molar-refractivity contribution in [2.45, 2.75) is 103 Å². The summed E-state index contributed by atoms with van der Waals surface area (Å²) in [6.45, 7) is 8.65. The number of amides is 1. The predicted molar refractivity (Wildman–Crippen MR) is 139 cm³/mol. The van der Waals surface area contributed by atoms with Crippen LogP contribution in [0.4, 0.5) is 0 Å². The molecule has 0 radical (unpaired) electrons. The van der Waals surface area contributed by atoms with E-state index in [9.17, 15) is 20.1 Å². The Morgan fingerprint density at radius 3 is 2.51 bits per heavy atom. The SMILES string of the molecule is CC(CCC(=O)NCCCN(C)C)[C@H]1CC[C@H]2[C@@H]3[C@H](O)C[C@@H]4C[C@H](O)CC[C@]4(C)[C@H]3C[C@H](O)[C@]12C. The van der Waals surface area contributed by atoms with Gasteiger partial charge in [0.15, 0.2) is 0 Å². The van der Waals surface area contributed by atoms with Gasteiger partial charge >= 0.3 is 0 Å². The van der Waals surface area contributed by atoms with E-state index >= 15 is 0 Å². The summed E-state index contributed by atoms with van der Waals surface area (Å²) in [7, 11) is 4.09. The minimum atomic E-state index is -0.363. The van der Waals surface area contributed by atoms with Gasteiger partial charge < -0.3 is 25.5 Å². The quantitative estimate of drug-likeness (QED) is 0.390. The third kappa shape index (κ3) is 5.06. The lowest BCUT2D eigenvalue weighted by atomic mass is 9.43. The second kappa shape index (κ2) is 10.6. The Labute approximate surface area is 213 Å². The van der Waals surface area contributed by atoms with Crippen LogP contribution in [-0.2, 0) is 4.79 Å². The van der Waals surface area contributed by atoms with Crippen LogP contribution in [0.5, 0.6) is 0 Å². The van der Waals surface area contributed by atoms with E-state index in [2.05, 4.69) is 31.0 Å². The van der Waals surface area contributed by atoms with Crippen molar-refractivity contribution in [1.29, 1.82) is 0 Å². The van der Waals surface area contributed by atoms with E-state index in [1.807, 2.05) is 14.1 Å². The van der Waals surface area contributed by atoms with Crippen LogP contribution in [0, 0.1) is 46.3 Å². The average Bonchev–Trinajstić information content (AvgIpc) is 3.15. The van der Waals surface area contributed by atoms with E-state index in [0.29, 0.717) is 36.0 Å². The molecule has 0 saturated heterocycles. The summed E-state index contributed by atoms with van der Waals surface area (Å²) in [5.74, 6) is 2.17. The zero-order chi connectivity index (χ0) is 25.5. The van der Waals surface area contributed by atoms with Crippen molar-refractivity contribution in [2.24, 2.45) is 46.3 Å². The van der Waals surface area contributed by atoms with Crippen molar-refractivity contribution >= 4 is 5.91 Å². The topological polar surface area (TPSA) is 93.0 Å². The molecular formula is C29H52N2O4. The van der Waals surface area contributed by atoms with Crippen LogP contribution < -0.4 is 5.32 Å². The van der Waals surface area contributed by atoms with Crippen LogP contribution in [0.2, 0.25) is 0 Å². The first-order valence-electron chi connectivity index (χ1n) is 14.4. The summed E-state index contributed by atoms with van der Waals surface area (Å²) in [6.07, 6.45) is 7.81. The van der Waals surface area contributed by atoms with Gasteiger partial charge in [-0.25, -0.2) is 0 Å². The fourth-order valence-corrected chi connectivity index (χ4v) is 9.40. The van der Waals surface area contributed by atoms with Crippen molar-refractivity contribution in [1.82, 2.24) is 10.2 Å². The van der Waals surface area contributed by atoms with Gasteiger partial charge in [-0.2, -0.15) is 0 Å². The molecule has 0 aromatic rings. The lowest BCUT2D eigenvalue weighted by molar-refractivity contribution is -0.207. The fourth-order valence-electron chi connectivity index (χ4n) is 9.40. The highest BCUT2D eigenvalue weighted by Crippen LogP contribution is 2.68. The molecule has 4 N–H and O–H groups in total. The molecular weight excluding hydrogens is 440 g/mol. The number of nitrogens with one attached hydrogen (secondary N) is 1. The summed E-state index contributed by atoms with van der Waals surface area (Å²) in [4.78, 5) is 14.6. The number of rotatable bonds is 8. The molecule has 4 aliphatic rings. The first-order valence-corrected chi connectivity index (χ1v) is 14.4. The monoisotopic (exact) mass is 492 g/mol. The number of aliphatic hydroxyl groups excluding tert-OH is 3. The van der Waals surface area contributed by atoms with Crippen LogP contribution in [0.15, 0.2) is 0 Å². The standard InChI is InChI=1S/C29H52N2O4/c1-18(7-10-26(35)30-13-6-14-31(4)5)21-8-9-22-27-23(17-25(34)29(21,22)3)28(2)12-11-20(32)15-19(28)16-24(27)33/h18-25,27,32-34H,6-17H2,1-5H3,(H,30,35)/t18?,19-,20+,21+,22-,23-,24+,25-,27-,28-,29+/m0/s1. The third-order valence-electron chi connectivity index (χ3n) is 11.5. The van der Waals surface area contributed by atoms with Crippen LogP contribution in [0.1, 0.15) is 85.0 Å². The Morgan fingerprint density at radius 1 is 1.06 bits per heavy atom. The smallest absolute Gasteiger partial charge is 0.220 e. The molecule has 1 amide bonds. The number of carbonyl (C=O) groups is 1. The van der Waals surface area contributed by atoms with Gasteiger partial charge in [-0.15, -0.1) is 0 Å². The Kier molecular flexibility index (Phi) is 8.27. The summed E-state index contributed by atoms with van der Waals surface area (Å²) in [6, 6.07) is 0. The van der Waals surface area contributed by atoms with Gasteiger partial charge in [0.2, 0.25) is 5.91 Å². The lowest BCUT2D eigenvalue weighted by Crippen LogP contribution is -2.62. The van der Waals surface area contributed by atoms with Gasteiger partial charge in [0.1, 0.15) is 0 Å². The zero-order valence-electron chi connectivity index (χ0n) is 22.9. The van der Waals surface area contributed by atoms with Crippen molar-refractivity contribution in [3.05, 3.63) is 0 Å². The Bertz CT molecular complexity index is 746. The van der Waals surface area contributed by atoms with Gasteiger partial charge in [0.25, 0.3) is 0 Å². The maximum Gasteiger partial charge on any atom is 0.220 e. The Morgan fingerprint density at radius 2 is 1.80 bits per heavy atom. The fraction of sp³-hybridized carbons (Fsp3) is 0.966. The number of aliphatic hydroxyl groups is 3. The molecule has 0 heterocycles. The van der Waals surface area contributed by atoms with E-state index in [0.717, 1.165) is 70.9 Å². The molecule has 4 aliphatic carbocycles. The molecule has 0 aliphatic heterocycles. The lowest BCUT2D eigenvalue weighted by Gasteiger charge is -2.63. The van der Waals surface area contributed by atoms with Crippen molar-refractivity contribution in [2.75, 3.05) is 27.2 Å². The van der Waals surface area contributed by atoms with E-state index in [1.54, 1.807) is 0 Å². The first kappa shape index (κ1) is 27.3. The summed E-state index contributed by atoms with van der Waals surface area (Å²) >= 11 is 0. The second-order valence-corrected chi connectivity index (χ2v) is 13.5. The highest BCUT2D eigenvalue weighted by atomic mass is 16.3. The minimum absolute atomic E-state index is 0.111. The van der Waals surface area contributed by atoms with Crippen LogP contribution in [0.3, 0.4) is 0 Å². The molecule has 202 valence electrons.